The van der Waals surface area contributed by atoms with E-state index in [9.17, 15) is 4.79 Å². The Morgan fingerprint density at radius 2 is 2.30 bits per heavy atom. The van der Waals surface area contributed by atoms with Gasteiger partial charge in [-0.1, -0.05) is 5.92 Å². The first kappa shape index (κ1) is 14.3. The van der Waals surface area contributed by atoms with Crippen LogP contribution in [0.4, 0.5) is 0 Å². The third-order valence-corrected chi connectivity index (χ3v) is 5.02. The fraction of sp³-hybridized carbons (Fsp3) is 0.421. The zero-order valence-corrected chi connectivity index (χ0v) is 13.0. The number of amides is 1. The molecule has 1 aromatic rings. The number of nitrogens with zero attached hydrogens (tertiary/aromatic N) is 1. The van der Waals surface area contributed by atoms with E-state index >= 15 is 0 Å². The Hall–Kier alpha value is -2.25. The predicted octanol–water partition coefficient (Wildman–Crippen LogP) is 1.92. The van der Waals surface area contributed by atoms with Crippen molar-refractivity contribution in [3.05, 3.63) is 35.4 Å². The summed E-state index contributed by atoms with van der Waals surface area (Å²) < 4.78 is 5.57. The summed E-state index contributed by atoms with van der Waals surface area (Å²) in [7, 11) is 0. The molecular formula is C19H20N2O2. The van der Waals surface area contributed by atoms with Gasteiger partial charge < -0.3 is 15.0 Å². The number of carbonyl (C=O) groups excluding carboxylic acids is 1. The van der Waals surface area contributed by atoms with Gasteiger partial charge in [0, 0.05) is 35.8 Å². The number of piperidine rings is 1. The monoisotopic (exact) mass is 308 g/mol. The SMILES string of the molecule is C#CC1=CCOc2ccc(C(=O)N[C@@H]3C[C@@H]4CCN(C4)C3)cc21. The maximum absolute atomic E-state index is 12.6. The highest BCUT2D eigenvalue weighted by Gasteiger charge is 2.33. The second-order valence-electron chi connectivity index (χ2n) is 6.60. The molecule has 0 aromatic heterocycles. The molecule has 23 heavy (non-hydrogen) atoms. The first-order valence-electron chi connectivity index (χ1n) is 8.20. The second-order valence-corrected chi connectivity index (χ2v) is 6.60. The van der Waals surface area contributed by atoms with E-state index in [1.165, 1.54) is 19.5 Å². The van der Waals surface area contributed by atoms with Crippen molar-refractivity contribution in [1.29, 1.82) is 0 Å². The Bertz CT molecular complexity index is 705. The van der Waals surface area contributed by atoms with Crippen LogP contribution >= 0.6 is 0 Å². The summed E-state index contributed by atoms with van der Waals surface area (Å²) in [6.07, 6.45) is 9.77. The van der Waals surface area contributed by atoms with E-state index < -0.39 is 0 Å². The lowest BCUT2D eigenvalue weighted by Crippen LogP contribution is -2.47. The molecule has 1 amide bonds. The molecule has 118 valence electrons. The fourth-order valence-electron chi connectivity index (χ4n) is 3.90. The largest absolute Gasteiger partial charge is 0.489 e. The highest BCUT2D eigenvalue weighted by Crippen LogP contribution is 2.31. The number of ether oxygens (including phenoxy) is 1. The van der Waals surface area contributed by atoms with Gasteiger partial charge in [-0.25, -0.2) is 0 Å². The minimum absolute atomic E-state index is 0.0257. The van der Waals surface area contributed by atoms with Crippen molar-refractivity contribution in [2.45, 2.75) is 18.9 Å². The van der Waals surface area contributed by atoms with E-state index in [2.05, 4.69) is 16.1 Å². The van der Waals surface area contributed by atoms with Crippen molar-refractivity contribution in [2.75, 3.05) is 26.2 Å². The van der Waals surface area contributed by atoms with Crippen molar-refractivity contribution in [1.82, 2.24) is 10.2 Å². The van der Waals surface area contributed by atoms with Crippen molar-refractivity contribution >= 4 is 11.5 Å². The van der Waals surface area contributed by atoms with Crippen LogP contribution in [0.5, 0.6) is 5.75 Å². The Kier molecular flexibility index (Phi) is 3.59. The van der Waals surface area contributed by atoms with Crippen LogP contribution in [0.2, 0.25) is 0 Å². The molecule has 4 rings (SSSR count). The van der Waals surface area contributed by atoms with Gasteiger partial charge in [0.05, 0.1) is 0 Å². The lowest BCUT2D eigenvalue weighted by atomic mass is 9.96. The smallest absolute Gasteiger partial charge is 0.251 e. The number of terminal acetylenes is 1. The number of rotatable bonds is 2. The topological polar surface area (TPSA) is 41.6 Å². The predicted molar refractivity (Wildman–Crippen MR) is 89.2 cm³/mol. The molecule has 0 spiro atoms. The zero-order chi connectivity index (χ0) is 15.8. The summed E-state index contributed by atoms with van der Waals surface area (Å²) in [5.74, 6) is 4.13. The molecule has 3 atom stereocenters. The lowest BCUT2D eigenvalue weighted by molar-refractivity contribution is 0.0909. The molecule has 2 saturated heterocycles. The van der Waals surface area contributed by atoms with E-state index in [0.29, 0.717) is 12.2 Å². The van der Waals surface area contributed by atoms with Crippen LogP contribution in [-0.2, 0) is 0 Å². The normalized spacial score (nSPS) is 28.1. The van der Waals surface area contributed by atoms with Crippen LogP contribution in [0.25, 0.3) is 5.57 Å². The van der Waals surface area contributed by atoms with Crippen molar-refractivity contribution < 1.29 is 9.53 Å². The highest BCUT2D eigenvalue weighted by atomic mass is 16.5. The number of hydrogen-bond donors (Lipinski definition) is 1. The number of carbonyl (C=O) groups is 1. The number of allylic oxidation sites excluding steroid dienone is 1. The van der Waals surface area contributed by atoms with Gasteiger partial charge in [-0.2, -0.15) is 0 Å². The summed E-state index contributed by atoms with van der Waals surface area (Å²) in [6.45, 7) is 3.81. The fourth-order valence-corrected chi connectivity index (χ4v) is 3.90. The molecule has 3 aliphatic heterocycles. The average molecular weight is 308 g/mol. The molecule has 4 heteroatoms. The van der Waals surface area contributed by atoms with Gasteiger partial charge in [-0.15, -0.1) is 6.42 Å². The van der Waals surface area contributed by atoms with Gasteiger partial charge in [-0.3, -0.25) is 4.79 Å². The molecule has 3 aliphatic rings. The van der Waals surface area contributed by atoms with Crippen molar-refractivity contribution in [2.24, 2.45) is 5.92 Å². The van der Waals surface area contributed by atoms with Gasteiger partial charge >= 0.3 is 0 Å². The van der Waals surface area contributed by atoms with Crippen LogP contribution in [0.15, 0.2) is 24.3 Å². The molecule has 0 saturated carbocycles. The summed E-state index contributed by atoms with van der Waals surface area (Å²) in [4.78, 5) is 15.0. The molecular weight excluding hydrogens is 288 g/mol. The summed E-state index contributed by atoms with van der Waals surface area (Å²) >= 11 is 0. The van der Waals surface area contributed by atoms with Gasteiger partial charge in [0.15, 0.2) is 0 Å². The standard InChI is InChI=1S/C19H20N2O2/c1-2-14-6-8-23-18-4-3-15(10-17(14)18)19(22)20-16-9-13-5-7-21(11-13)12-16/h1,3-4,6,10,13,16H,5,7-9,11-12H2,(H,20,22)/t13-,16+/m0/s1. The Morgan fingerprint density at radius 3 is 3.13 bits per heavy atom. The third-order valence-electron chi connectivity index (χ3n) is 5.02. The van der Waals surface area contributed by atoms with Crippen LogP contribution in [-0.4, -0.2) is 43.1 Å². The summed E-state index contributed by atoms with van der Waals surface area (Å²) in [5.41, 5.74) is 2.27. The maximum Gasteiger partial charge on any atom is 0.251 e. The Morgan fingerprint density at radius 1 is 1.39 bits per heavy atom. The molecule has 1 unspecified atom stereocenters. The maximum atomic E-state index is 12.6. The van der Waals surface area contributed by atoms with Crippen LogP contribution in [0, 0.1) is 18.3 Å². The van der Waals surface area contributed by atoms with E-state index in [1.54, 1.807) is 0 Å². The third kappa shape index (κ3) is 2.73. The average Bonchev–Trinajstić information content (AvgIpc) is 2.92. The molecule has 3 heterocycles. The molecule has 4 nitrogen and oxygen atoms in total. The number of nitrogens with one attached hydrogen (secondary N) is 1. The van der Waals surface area contributed by atoms with Crippen LogP contribution in [0.3, 0.4) is 0 Å². The summed E-state index contributed by atoms with van der Waals surface area (Å²) in [5, 5.41) is 3.18. The molecule has 1 N–H and O–H groups in total. The first-order chi connectivity index (χ1) is 11.2. The minimum atomic E-state index is -0.0257. The number of fused-ring (bicyclic) bond motifs is 3. The molecule has 0 radical (unpaired) electrons. The molecule has 1 aromatic carbocycles. The minimum Gasteiger partial charge on any atom is -0.489 e. The van der Waals surface area contributed by atoms with Crippen molar-refractivity contribution in [3.8, 4) is 18.1 Å². The summed E-state index contributed by atoms with van der Waals surface area (Å²) in [6, 6.07) is 5.74. The van der Waals surface area contributed by atoms with Gasteiger partial charge in [0.1, 0.15) is 12.4 Å². The Balaban J connectivity index is 1.51. The van der Waals surface area contributed by atoms with Crippen molar-refractivity contribution in [3.63, 3.8) is 0 Å². The van der Waals surface area contributed by atoms with E-state index in [4.69, 9.17) is 11.2 Å². The van der Waals surface area contributed by atoms with Gasteiger partial charge in [0.2, 0.25) is 0 Å². The second kappa shape index (κ2) is 5.75. The van der Waals surface area contributed by atoms with Crippen LogP contribution in [0.1, 0.15) is 28.8 Å². The number of hydrogen-bond acceptors (Lipinski definition) is 3. The van der Waals surface area contributed by atoms with Crippen LogP contribution < -0.4 is 10.1 Å². The first-order valence-corrected chi connectivity index (χ1v) is 8.20. The van der Waals surface area contributed by atoms with Gasteiger partial charge in [0.25, 0.3) is 5.91 Å². The Labute approximate surface area is 136 Å². The number of benzene rings is 1. The molecule has 0 aliphatic carbocycles. The quantitative estimate of drug-likeness (QED) is 0.849. The molecule has 2 bridgehead atoms. The van der Waals surface area contributed by atoms with E-state index in [1.807, 2.05) is 24.3 Å². The zero-order valence-electron chi connectivity index (χ0n) is 13.0. The molecule has 2 fully saturated rings. The lowest BCUT2D eigenvalue weighted by Gasteiger charge is -2.30. The van der Waals surface area contributed by atoms with E-state index in [0.717, 1.165) is 35.8 Å². The van der Waals surface area contributed by atoms with E-state index in [-0.39, 0.29) is 11.9 Å². The highest BCUT2D eigenvalue weighted by molar-refractivity contribution is 5.96. The van der Waals surface area contributed by atoms with Gasteiger partial charge in [-0.05, 0) is 49.6 Å².